The zero-order chi connectivity index (χ0) is 9.26. The Kier molecular flexibility index (Phi) is 2.16. The van der Waals surface area contributed by atoms with Crippen molar-refractivity contribution in [2.75, 3.05) is 13.1 Å². The molecule has 1 aromatic heterocycles. The minimum atomic E-state index is -0.384. The number of nitrogens with one attached hydrogen (secondary N) is 1. The van der Waals surface area contributed by atoms with Gasteiger partial charge in [-0.1, -0.05) is 0 Å². The molecule has 2 rings (SSSR count). The molecule has 4 nitrogen and oxygen atoms in total. The van der Waals surface area contributed by atoms with E-state index in [1.165, 1.54) is 0 Å². The van der Waals surface area contributed by atoms with E-state index in [1.807, 2.05) is 23.9 Å². The molecule has 0 saturated carbocycles. The van der Waals surface area contributed by atoms with E-state index >= 15 is 0 Å². The molecule has 1 aromatic rings. The third-order valence-corrected chi connectivity index (χ3v) is 2.10. The van der Waals surface area contributed by atoms with E-state index in [-0.39, 0.29) is 6.10 Å². The van der Waals surface area contributed by atoms with Crippen LogP contribution in [0.15, 0.2) is 18.6 Å². The van der Waals surface area contributed by atoms with Crippen LogP contribution in [0.1, 0.15) is 5.69 Å². The van der Waals surface area contributed by atoms with Crippen molar-refractivity contribution in [2.24, 2.45) is 7.05 Å². The molecule has 0 bridgehead atoms. The zero-order valence-electron chi connectivity index (χ0n) is 7.57. The van der Waals surface area contributed by atoms with Crippen LogP contribution in [0.3, 0.4) is 0 Å². The monoisotopic (exact) mass is 179 g/mol. The third-order valence-electron chi connectivity index (χ3n) is 2.10. The van der Waals surface area contributed by atoms with Gasteiger partial charge in [0.1, 0.15) is 0 Å². The van der Waals surface area contributed by atoms with Gasteiger partial charge in [-0.3, -0.25) is 0 Å². The summed E-state index contributed by atoms with van der Waals surface area (Å²) in [7, 11) is 1.93. The number of hydrogen-bond acceptors (Lipinski definition) is 3. The van der Waals surface area contributed by atoms with Gasteiger partial charge in [-0.25, -0.2) is 4.98 Å². The molecule has 4 heteroatoms. The molecule has 0 radical (unpaired) electrons. The first-order chi connectivity index (χ1) is 6.25. The van der Waals surface area contributed by atoms with Gasteiger partial charge < -0.3 is 15.0 Å². The highest BCUT2D eigenvalue weighted by Gasteiger charge is 2.12. The van der Waals surface area contributed by atoms with Crippen molar-refractivity contribution in [3.8, 4) is 0 Å². The Morgan fingerprint density at radius 2 is 2.54 bits per heavy atom. The zero-order valence-corrected chi connectivity index (χ0v) is 7.57. The molecule has 70 valence electrons. The molecule has 0 aliphatic carbocycles. The van der Waals surface area contributed by atoms with Crippen molar-refractivity contribution >= 4 is 5.57 Å². The average Bonchev–Trinajstić information content (AvgIpc) is 2.52. The molecule has 0 aromatic carbocycles. The first kappa shape index (κ1) is 8.47. The summed E-state index contributed by atoms with van der Waals surface area (Å²) in [6.07, 6.45) is 5.19. The first-order valence-corrected chi connectivity index (χ1v) is 4.33. The lowest BCUT2D eigenvalue weighted by Crippen LogP contribution is -2.31. The molecule has 1 aliphatic rings. The summed E-state index contributed by atoms with van der Waals surface area (Å²) in [5, 5.41) is 12.5. The van der Waals surface area contributed by atoms with E-state index in [0.717, 1.165) is 17.8 Å². The van der Waals surface area contributed by atoms with Crippen LogP contribution in [0.5, 0.6) is 0 Å². The molecule has 2 N–H and O–H groups in total. The van der Waals surface area contributed by atoms with Crippen LogP contribution in [0.25, 0.3) is 5.57 Å². The highest BCUT2D eigenvalue weighted by atomic mass is 16.3. The third kappa shape index (κ3) is 1.79. The second-order valence-corrected chi connectivity index (χ2v) is 3.31. The van der Waals surface area contributed by atoms with E-state index in [0.29, 0.717) is 6.54 Å². The number of aromatic nitrogens is 2. The van der Waals surface area contributed by atoms with Crippen molar-refractivity contribution in [1.29, 1.82) is 0 Å². The Morgan fingerprint density at radius 1 is 1.69 bits per heavy atom. The molecule has 0 spiro atoms. The molecule has 1 unspecified atom stereocenters. The first-order valence-electron chi connectivity index (χ1n) is 4.33. The summed E-state index contributed by atoms with van der Waals surface area (Å²) in [6.45, 7) is 1.42. The van der Waals surface area contributed by atoms with Gasteiger partial charge in [-0.15, -0.1) is 0 Å². The highest BCUT2D eigenvalue weighted by molar-refractivity contribution is 5.64. The smallest absolute Gasteiger partial charge is 0.0951 e. The molecular weight excluding hydrogens is 166 g/mol. The van der Waals surface area contributed by atoms with Gasteiger partial charge >= 0.3 is 0 Å². The normalized spacial score (nSPS) is 22.9. The SMILES string of the molecule is Cn1cnc(C2=CC(O)CNC2)c1. The maximum absolute atomic E-state index is 9.37. The van der Waals surface area contributed by atoms with E-state index in [1.54, 1.807) is 6.33 Å². The van der Waals surface area contributed by atoms with E-state index in [4.69, 9.17) is 0 Å². The molecular formula is C9H13N3O. The van der Waals surface area contributed by atoms with Crippen LogP contribution in [0.2, 0.25) is 0 Å². The van der Waals surface area contributed by atoms with Gasteiger partial charge in [-0.05, 0) is 11.6 Å². The molecule has 2 heterocycles. The fourth-order valence-corrected chi connectivity index (χ4v) is 1.46. The summed E-state index contributed by atoms with van der Waals surface area (Å²) in [5.41, 5.74) is 2.01. The minimum absolute atomic E-state index is 0.384. The number of imidazole rings is 1. The van der Waals surface area contributed by atoms with Crippen LogP contribution in [0.4, 0.5) is 0 Å². The van der Waals surface area contributed by atoms with Crippen molar-refractivity contribution in [3.63, 3.8) is 0 Å². The fraction of sp³-hybridized carbons (Fsp3) is 0.444. The number of rotatable bonds is 1. The summed E-state index contributed by atoms with van der Waals surface area (Å²) in [6, 6.07) is 0. The quantitative estimate of drug-likeness (QED) is 0.626. The Hall–Kier alpha value is -1.13. The number of nitrogens with zero attached hydrogens (tertiary/aromatic N) is 2. The van der Waals surface area contributed by atoms with Crippen LogP contribution < -0.4 is 5.32 Å². The largest absolute Gasteiger partial charge is 0.388 e. The molecule has 0 fully saturated rings. The minimum Gasteiger partial charge on any atom is -0.388 e. The number of aliphatic hydroxyl groups excluding tert-OH is 1. The van der Waals surface area contributed by atoms with Crippen molar-refractivity contribution in [3.05, 3.63) is 24.3 Å². The van der Waals surface area contributed by atoms with Gasteiger partial charge in [0.15, 0.2) is 0 Å². The van der Waals surface area contributed by atoms with E-state index in [2.05, 4.69) is 10.3 Å². The Labute approximate surface area is 76.9 Å². The molecule has 1 atom stereocenters. The van der Waals surface area contributed by atoms with Gasteiger partial charge in [0.05, 0.1) is 18.1 Å². The second kappa shape index (κ2) is 3.32. The van der Waals surface area contributed by atoms with Gasteiger partial charge in [0.25, 0.3) is 0 Å². The maximum atomic E-state index is 9.37. The van der Waals surface area contributed by atoms with E-state index in [9.17, 15) is 5.11 Å². The number of β-amino-alcohol motifs (C(OH)–C–C–N with tert-alkyl or cyclic N) is 1. The molecule has 0 saturated heterocycles. The molecule has 13 heavy (non-hydrogen) atoms. The Balaban J connectivity index is 2.25. The second-order valence-electron chi connectivity index (χ2n) is 3.31. The van der Waals surface area contributed by atoms with Crippen molar-refractivity contribution in [1.82, 2.24) is 14.9 Å². The lowest BCUT2D eigenvalue weighted by molar-refractivity contribution is 0.217. The standard InChI is InChI=1S/C9H13N3O/c1-12-5-9(11-6-12)7-2-8(13)4-10-3-7/h2,5-6,8,10,13H,3-4H2,1H3. The predicted molar refractivity (Wildman–Crippen MR) is 50.1 cm³/mol. The summed E-state index contributed by atoms with van der Waals surface area (Å²) in [4.78, 5) is 4.22. The fourth-order valence-electron chi connectivity index (χ4n) is 1.46. The van der Waals surface area contributed by atoms with Crippen LogP contribution in [-0.2, 0) is 7.05 Å². The Morgan fingerprint density at radius 3 is 3.15 bits per heavy atom. The van der Waals surface area contributed by atoms with Crippen molar-refractivity contribution in [2.45, 2.75) is 6.10 Å². The van der Waals surface area contributed by atoms with Gasteiger partial charge in [-0.2, -0.15) is 0 Å². The highest BCUT2D eigenvalue weighted by Crippen LogP contribution is 2.13. The van der Waals surface area contributed by atoms with Crippen molar-refractivity contribution < 1.29 is 5.11 Å². The van der Waals surface area contributed by atoms with Gasteiger partial charge in [0, 0.05) is 26.3 Å². The predicted octanol–water partition coefficient (Wildman–Crippen LogP) is -0.232. The summed E-state index contributed by atoms with van der Waals surface area (Å²) in [5.74, 6) is 0. The van der Waals surface area contributed by atoms with E-state index < -0.39 is 0 Å². The lowest BCUT2D eigenvalue weighted by Gasteiger charge is -2.16. The number of aryl methyl sites for hydroxylation is 1. The molecule has 0 amide bonds. The topological polar surface area (TPSA) is 50.1 Å². The maximum Gasteiger partial charge on any atom is 0.0951 e. The average molecular weight is 179 g/mol. The van der Waals surface area contributed by atoms with Crippen LogP contribution in [0, 0.1) is 0 Å². The van der Waals surface area contributed by atoms with Crippen LogP contribution in [-0.4, -0.2) is 33.9 Å². The molecule has 1 aliphatic heterocycles. The van der Waals surface area contributed by atoms with Gasteiger partial charge in [0.2, 0.25) is 0 Å². The lowest BCUT2D eigenvalue weighted by atomic mass is 10.1. The summed E-state index contributed by atoms with van der Waals surface area (Å²) < 4.78 is 1.90. The Bertz CT molecular complexity index is 329. The van der Waals surface area contributed by atoms with Crippen LogP contribution >= 0.6 is 0 Å². The number of hydrogen-bond donors (Lipinski definition) is 2. The summed E-state index contributed by atoms with van der Waals surface area (Å²) >= 11 is 0. The number of aliphatic hydroxyl groups is 1.